The van der Waals surface area contributed by atoms with Gasteiger partial charge in [0.05, 0.1) is 0 Å². The molecule has 0 spiro atoms. The average Bonchev–Trinajstić information content (AvgIpc) is 2.33. The fourth-order valence-electron chi connectivity index (χ4n) is 1.62. The third-order valence-electron chi connectivity index (χ3n) is 2.54. The molecule has 1 aliphatic rings. The van der Waals surface area contributed by atoms with E-state index in [2.05, 4.69) is 5.48 Å². The molecule has 88 valence electrons. The van der Waals surface area contributed by atoms with Gasteiger partial charge in [-0.05, 0) is 30.5 Å². The minimum atomic E-state index is -0.222. The van der Waals surface area contributed by atoms with Gasteiger partial charge >= 0.3 is 0 Å². The van der Waals surface area contributed by atoms with Crippen LogP contribution in [0.3, 0.4) is 0 Å². The molecular formula is C12H16FNO2. The Bertz CT molecular complexity index is 309. The summed E-state index contributed by atoms with van der Waals surface area (Å²) in [6.07, 6.45) is 3.03. The van der Waals surface area contributed by atoms with Crippen LogP contribution in [-0.2, 0) is 16.1 Å². The van der Waals surface area contributed by atoms with Crippen molar-refractivity contribution in [2.24, 2.45) is 0 Å². The van der Waals surface area contributed by atoms with Gasteiger partial charge in [0.25, 0.3) is 0 Å². The van der Waals surface area contributed by atoms with Crippen LogP contribution in [-0.4, -0.2) is 12.9 Å². The fourth-order valence-corrected chi connectivity index (χ4v) is 1.62. The van der Waals surface area contributed by atoms with Crippen LogP contribution >= 0.6 is 0 Å². The van der Waals surface area contributed by atoms with E-state index in [-0.39, 0.29) is 12.1 Å². The second-order valence-electron chi connectivity index (χ2n) is 3.86. The molecule has 0 saturated carbocycles. The first kappa shape index (κ1) is 11.5. The maximum absolute atomic E-state index is 12.6. The van der Waals surface area contributed by atoms with Crippen LogP contribution in [0.4, 0.5) is 4.39 Å². The lowest BCUT2D eigenvalue weighted by atomic mass is 10.2. The molecule has 1 aliphatic heterocycles. The summed E-state index contributed by atoms with van der Waals surface area (Å²) in [7, 11) is 0. The molecule has 1 heterocycles. The SMILES string of the molecule is Fc1ccc(CNOC2CCCCO2)cc1. The van der Waals surface area contributed by atoms with Crippen LogP contribution in [0.2, 0.25) is 0 Å². The van der Waals surface area contributed by atoms with Crippen molar-refractivity contribution < 1.29 is 14.0 Å². The minimum absolute atomic E-state index is 0.144. The number of nitrogens with one attached hydrogen (secondary N) is 1. The van der Waals surface area contributed by atoms with Crippen LogP contribution in [0.1, 0.15) is 24.8 Å². The Morgan fingerprint density at radius 1 is 1.31 bits per heavy atom. The van der Waals surface area contributed by atoms with Crippen molar-refractivity contribution in [3.63, 3.8) is 0 Å². The lowest BCUT2D eigenvalue weighted by molar-refractivity contribution is -0.198. The number of rotatable bonds is 4. The van der Waals surface area contributed by atoms with Gasteiger partial charge in [-0.3, -0.25) is 4.84 Å². The van der Waals surface area contributed by atoms with E-state index in [1.54, 1.807) is 12.1 Å². The third kappa shape index (κ3) is 3.56. The number of benzene rings is 1. The molecule has 1 unspecified atom stereocenters. The summed E-state index contributed by atoms with van der Waals surface area (Å²) >= 11 is 0. The molecule has 1 fully saturated rings. The van der Waals surface area contributed by atoms with Crippen molar-refractivity contribution in [3.05, 3.63) is 35.6 Å². The zero-order chi connectivity index (χ0) is 11.2. The quantitative estimate of drug-likeness (QED) is 0.798. The molecule has 0 amide bonds. The fraction of sp³-hybridized carbons (Fsp3) is 0.500. The van der Waals surface area contributed by atoms with Crippen molar-refractivity contribution in [1.29, 1.82) is 0 Å². The van der Waals surface area contributed by atoms with Gasteiger partial charge in [-0.25, -0.2) is 4.39 Å². The molecule has 1 N–H and O–H groups in total. The van der Waals surface area contributed by atoms with Crippen LogP contribution in [0.5, 0.6) is 0 Å². The second-order valence-corrected chi connectivity index (χ2v) is 3.86. The molecule has 1 saturated heterocycles. The van der Waals surface area contributed by atoms with Gasteiger partial charge in [-0.1, -0.05) is 12.1 Å². The molecular weight excluding hydrogens is 209 g/mol. The standard InChI is InChI=1S/C12H16FNO2/c13-11-6-4-10(5-7-11)9-14-16-12-3-1-2-8-15-12/h4-7,12,14H,1-3,8-9H2. The molecule has 1 atom stereocenters. The van der Waals surface area contributed by atoms with E-state index in [0.29, 0.717) is 6.54 Å². The predicted molar refractivity (Wildman–Crippen MR) is 57.9 cm³/mol. The van der Waals surface area contributed by atoms with Crippen molar-refractivity contribution in [3.8, 4) is 0 Å². The largest absolute Gasteiger partial charge is 0.351 e. The smallest absolute Gasteiger partial charge is 0.177 e. The number of ether oxygens (including phenoxy) is 1. The van der Waals surface area contributed by atoms with Gasteiger partial charge in [0, 0.05) is 19.6 Å². The summed E-state index contributed by atoms with van der Waals surface area (Å²) in [6.45, 7) is 1.32. The van der Waals surface area contributed by atoms with Crippen molar-refractivity contribution in [1.82, 2.24) is 5.48 Å². The minimum Gasteiger partial charge on any atom is -0.351 e. The Balaban J connectivity index is 1.69. The Morgan fingerprint density at radius 2 is 2.12 bits per heavy atom. The molecule has 0 radical (unpaired) electrons. The molecule has 0 bridgehead atoms. The Morgan fingerprint density at radius 3 is 2.81 bits per heavy atom. The van der Waals surface area contributed by atoms with Gasteiger partial charge < -0.3 is 4.74 Å². The molecule has 3 nitrogen and oxygen atoms in total. The molecule has 1 aromatic rings. The summed E-state index contributed by atoms with van der Waals surface area (Å²) in [5.74, 6) is -0.222. The monoisotopic (exact) mass is 225 g/mol. The first-order chi connectivity index (χ1) is 7.84. The molecule has 0 aromatic heterocycles. The van der Waals surface area contributed by atoms with E-state index < -0.39 is 0 Å². The lowest BCUT2D eigenvalue weighted by Crippen LogP contribution is -2.29. The molecule has 0 aliphatic carbocycles. The van der Waals surface area contributed by atoms with E-state index in [9.17, 15) is 4.39 Å². The molecule has 1 aromatic carbocycles. The summed E-state index contributed by atoms with van der Waals surface area (Å²) in [5.41, 5.74) is 3.83. The average molecular weight is 225 g/mol. The molecule has 16 heavy (non-hydrogen) atoms. The van der Waals surface area contributed by atoms with E-state index >= 15 is 0 Å². The highest BCUT2D eigenvalue weighted by atomic mass is 19.1. The van der Waals surface area contributed by atoms with E-state index in [1.165, 1.54) is 12.1 Å². The van der Waals surface area contributed by atoms with Gasteiger partial charge in [0.2, 0.25) is 0 Å². The summed E-state index contributed by atoms with van der Waals surface area (Å²) in [4.78, 5) is 5.35. The number of hydroxylamine groups is 1. The van der Waals surface area contributed by atoms with Crippen LogP contribution < -0.4 is 5.48 Å². The van der Waals surface area contributed by atoms with E-state index in [1.807, 2.05) is 0 Å². The number of hydrogen-bond donors (Lipinski definition) is 1. The Labute approximate surface area is 94.5 Å². The summed E-state index contributed by atoms with van der Waals surface area (Å²) in [5, 5.41) is 0. The zero-order valence-electron chi connectivity index (χ0n) is 9.12. The first-order valence-corrected chi connectivity index (χ1v) is 5.59. The van der Waals surface area contributed by atoms with E-state index in [4.69, 9.17) is 9.57 Å². The normalized spacial score (nSPS) is 20.9. The number of hydrogen-bond acceptors (Lipinski definition) is 3. The second kappa shape index (κ2) is 5.94. The first-order valence-electron chi connectivity index (χ1n) is 5.59. The summed E-state index contributed by atoms with van der Waals surface area (Å²) in [6, 6.07) is 6.34. The van der Waals surface area contributed by atoms with Crippen molar-refractivity contribution >= 4 is 0 Å². The highest BCUT2D eigenvalue weighted by molar-refractivity contribution is 5.15. The molecule has 4 heteroatoms. The zero-order valence-corrected chi connectivity index (χ0v) is 9.12. The Kier molecular flexibility index (Phi) is 4.27. The van der Waals surface area contributed by atoms with Gasteiger partial charge in [0.1, 0.15) is 5.82 Å². The van der Waals surface area contributed by atoms with E-state index in [0.717, 1.165) is 31.4 Å². The lowest BCUT2D eigenvalue weighted by Gasteiger charge is -2.22. The van der Waals surface area contributed by atoms with Crippen molar-refractivity contribution in [2.75, 3.05) is 6.61 Å². The van der Waals surface area contributed by atoms with Gasteiger partial charge in [-0.2, -0.15) is 5.48 Å². The van der Waals surface area contributed by atoms with Crippen LogP contribution in [0.25, 0.3) is 0 Å². The topological polar surface area (TPSA) is 30.5 Å². The van der Waals surface area contributed by atoms with Crippen molar-refractivity contribution in [2.45, 2.75) is 32.1 Å². The molecule has 2 rings (SSSR count). The number of halogens is 1. The van der Waals surface area contributed by atoms with Crippen LogP contribution in [0.15, 0.2) is 24.3 Å². The highest BCUT2D eigenvalue weighted by Gasteiger charge is 2.13. The Hall–Kier alpha value is -0.970. The maximum Gasteiger partial charge on any atom is 0.177 e. The predicted octanol–water partition coefficient (Wildman–Crippen LogP) is 2.37. The third-order valence-corrected chi connectivity index (χ3v) is 2.54. The highest BCUT2D eigenvalue weighted by Crippen LogP contribution is 2.12. The maximum atomic E-state index is 12.6. The summed E-state index contributed by atoms with van der Waals surface area (Å²) < 4.78 is 18.0. The van der Waals surface area contributed by atoms with Crippen LogP contribution in [0, 0.1) is 5.82 Å². The van der Waals surface area contributed by atoms with Gasteiger partial charge in [-0.15, -0.1) is 0 Å². The van der Waals surface area contributed by atoms with Gasteiger partial charge in [0.15, 0.2) is 6.29 Å².